The molecule has 0 N–H and O–H groups in total. The molecule has 3 heteroatoms. The summed E-state index contributed by atoms with van der Waals surface area (Å²) in [6, 6.07) is 44.7. The highest BCUT2D eigenvalue weighted by Gasteiger charge is 2.26. The van der Waals surface area contributed by atoms with Crippen molar-refractivity contribution in [2.45, 2.75) is 10.8 Å². The van der Waals surface area contributed by atoms with Crippen molar-refractivity contribution in [3.05, 3.63) is 127 Å². The molecule has 202 valence electrons. The second-order valence-corrected chi connectivity index (χ2v) is 13.6. The standard InChI is InChI=1S/C40H24INO/c1-22(41)24-14-18-36-32(19-24)29-16-15-25(20-37(29)43-36)42-34-17-13-23-7-2-3-8-26(23)39(34)40-31-12-6-11-30-27-9-4-5-10-28(27)33(38(30)31)21-35(40)42/h2-22H,1H3. The van der Waals surface area contributed by atoms with Gasteiger partial charge in [-0.1, -0.05) is 101 Å². The SMILES string of the molecule is CC(I)c1ccc2oc3cc(-n4c5ccc6ccccc6c5c5c6cccc7c6c(cc54)-c4ccccc4-7)ccc3c2c1. The molecule has 0 radical (unpaired) electrons. The Hall–Kier alpha value is -4.61. The van der Waals surface area contributed by atoms with E-state index in [1.54, 1.807) is 0 Å². The van der Waals surface area contributed by atoms with Crippen LogP contribution in [-0.4, -0.2) is 4.57 Å². The van der Waals surface area contributed by atoms with E-state index in [1.807, 2.05) is 0 Å². The average molecular weight is 662 g/mol. The van der Waals surface area contributed by atoms with E-state index in [4.69, 9.17) is 4.42 Å². The summed E-state index contributed by atoms with van der Waals surface area (Å²) in [6.45, 7) is 2.23. The van der Waals surface area contributed by atoms with Gasteiger partial charge in [0.15, 0.2) is 0 Å². The van der Waals surface area contributed by atoms with Crippen LogP contribution in [0.25, 0.3) is 93.2 Å². The number of halogens is 1. The second kappa shape index (κ2) is 8.48. The van der Waals surface area contributed by atoms with Crippen LogP contribution >= 0.6 is 22.6 Å². The third-order valence-corrected chi connectivity index (χ3v) is 10.2. The third kappa shape index (κ3) is 3.13. The zero-order valence-corrected chi connectivity index (χ0v) is 25.5. The smallest absolute Gasteiger partial charge is 0.137 e. The van der Waals surface area contributed by atoms with E-state index in [-0.39, 0.29) is 0 Å². The molecule has 0 fully saturated rings. The number of hydrogen-bond acceptors (Lipinski definition) is 1. The molecule has 10 rings (SSSR count). The van der Waals surface area contributed by atoms with Gasteiger partial charge in [0, 0.05) is 37.2 Å². The van der Waals surface area contributed by atoms with E-state index < -0.39 is 0 Å². The van der Waals surface area contributed by atoms with Gasteiger partial charge in [0.2, 0.25) is 0 Å². The maximum absolute atomic E-state index is 6.47. The normalized spacial score (nSPS) is 13.3. The zero-order chi connectivity index (χ0) is 28.4. The van der Waals surface area contributed by atoms with E-state index in [9.17, 15) is 0 Å². The van der Waals surface area contributed by atoms with E-state index >= 15 is 0 Å². The fraction of sp³-hybridized carbons (Fsp3) is 0.0500. The van der Waals surface area contributed by atoms with Crippen LogP contribution in [0.1, 0.15) is 16.4 Å². The minimum absolute atomic E-state index is 0.441. The van der Waals surface area contributed by atoms with Gasteiger partial charge >= 0.3 is 0 Å². The number of rotatable bonds is 2. The predicted molar refractivity (Wildman–Crippen MR) is 190 cm³/mol. The molecule has 2 heterocycles. The number of furan rings is 1. The molecule has 43 heavy (non-hydrogen) atoms. The molecule has 9 aromatic rings. The first-order chi connectivity index (χ1) is 21.2. The highest BCUT2D eigenvalue weighted by atomic mass is 127. The zero-order valence-electron chi connectivity index (χ0n) is 23.4. The summed E-state index contributed by atoms with van der Waals surface area (Å²) in [5, 5.41) is 10.2. The van der Waals surface area contributed by atoms with Crippen molar-refractivity contribution >= 4 is 87.9 Å². The summed E-state index contributed by atoms with van der Waals surface area (Å²) in [6.07, 6.45) is 0. The Kier molecular flexibility index (Phi) is 4.72. The van der Waals surface area contributed by atoms with Crippen molar-refractivity contribution in [1.82, 2.24) is 4.57 Å². The minimum Gasteiger partial charge on any atom is -0.456 e. The van der Waals surface area contributed by atoms with Crippen molar-refractivity contribution < 1.29 is 4.42 Å². The largest absolute Gasteiger partial charge is 0.456 e. The van der Waals surface area contributed by atoms with Crippen molar-refractivity contribution in [1.29, 1.82) is 0 Å². The van der Waals surface area contributed by atoms with Gasteiger partial charge in [-0.3, -0.25) is 0 Å². The number of fused-ring (bicyclic) bond motifs is 12. The minimum atomic E-state index is 0.441. The number of aromatic nitrogens is 1. The van der Waals surface area contributed by atoms with Crippen LogP contribution < -0.4 is 0 Å². The molecular weight excluding hydrogens is 637 g/mol. The van der Waals surface area contributed by atoms with Gasteiger partial charge in [0.1, 0.15) is 11.2 Å². The van der Waals surface area contributed by atoms with E-state index in [0.717, 1.165) is 22.2 Å². The number of alkyl halides is 1. The Balaban J connectivity index is 1.36. The molecule has 0 saturated heterocycles. The van der Waals surface area contributed by atoms with Crippen LogP contribution in [0.15, 0.2) is 126 Å². The molecule has 1 unspecified atom stereocenters. The summed E-state index contributed by atoms with van der Waals surface area (Å²) >= 11 is 2.48. The Labute approximate surface area is 261 Å². The molecule has 0 bridgehead atoms. The molecule has 1 aliphatic rings. The van der Waals surface area contributed by atoms with Gasteiger partial charge in [0.25, 0.3) is 0 Å². The first-order valence-corrected chi connectivity index (χ1v) is 16.0. The molecule has 1 aliphatic carbocycles. The highest BCUT2D eigenvalue weighted by molar-refractivity contribution is 14.1. The number of nitrogens with zero attached hydrogens (tertiary/aromatic N) is 1. The lowest BCUT2D eigenvalue weighted by Gasteiger charge is -2.10. The summed E-state index contributed by atoms with van der Waals surface area (Å²) in [4.78, 5) is 0. The van der Waals surface area contributed by atoms with Crippen molar-refractivity contribution in [2.75, 3.05) is 0 Å². The van der Waals surface area contributed by atoms with Crippen molar-refractivity contribution in [2.24, 2.45) is 0 Å². The Morgan fingerprint density at radius 3 is 2.19 bits per heavy atom. The summed E-state index contributed by atoms with van der Waals surface area (Å²) in [5.74, 6) is 0. The summed E-state index contributed by atoms with van der Waals surface area (Å²) in [5.41, 5.74) is 12.0. The van der Waals surface area contributed by atoms with Gasteiger partial charge < -0.3 is 8.98 Å². The molecule has 2 nitrogen and oxygen atoms in total. The fourth-order valence-corrected chi connectivity index (χ4v) is 7.97. The molecular formula is C40H24INO. The number of benzene rings is 7. The molecule has 0 aliphatic heterocycles. The summed E-state index contributed by atoms with van der Waals surface area (Å²) in [7, 11) is 0. The van der Waals surface area contributed by atoms with Crippen LogP contribution in [0.4, 0.5) is 0 Å². The molecule has 7 aromatic carbocycles. The maximum atomic E-state index is 6.47. The lowest BCUT2D eigenvalue weighted by molar-refractivity contribution is 0.668. The lowest BCUT2D eigenvalue weighted by Crippen LogP contribution is -1.94. The third-order valence-electron chi connectivity index (χ3n) is 9.48. The predicted octanol–water partition coefficient (Wildman–Crippen LogP) is 12.1. The topological polar surface area (TPSA) is 18.1 Å². The van der Waals surface area contributed by atoms with Crippen molar-refractivity contribution in [3.8, 4) is 27.9 Å². The van der Waals surface area contributed by atoms with Crippen LogP contribution in [-0.2, 0) is 0 Å². The van der Waals surface area contributed by atoms with Gasteiger partial charge in [0.05, 0.1) is 11.0 Å². The Bertz CT molecular complexity index is 2650. The van der Waals surface area contributed by atoms with Gasteiger partial charge in [-0.05, 0) is 92.7 Å². The lowest BCUT2D eigenvalue weighted by atomic mass is 9.96. The number of hydrogen-bond donors (Lipinski definition) is 0. The van der Waals surface area contributed by atoms with Crippen LogP contribution in [0.3, 0.4) is 0 Å². The fourth-order valence-electron chi connectivity index (χ4n) is 7.59. The molecule has 0 spiro atoms. The van der Waals surface area contributed by atoms with E-state index in [0.29, 0.717) is 3.92 Å². The molecule has 0 amide bonds. The van der Waals surface area contributed by atoms with Crippen molar-refractivity contribution in [3.63, 3.8) is 0 Å². The monoisotopic (exact) mass is 661 g/mol. The Morgan fingerprint density at radius 2 is 1.30 bits per heavy atom. The first kappa shape index (κ1) is 23.9. The quantitative estimate of drug-likeness (QED) is 0.133. The summed E-state index contributed by atoms with van der Waals surface area (Å²) < 4.78 is 9.37. The molecule has 2 aromatic heterocycles. The second-order valence-electron chi connectivity index (χ2n) is 11.8. The van der Waals surface area contributed by atoms with Crippen LogP contribution in [0.2, 0.25) is 0 Å². The van der Waals surface area contributed by atoms with Gasteiger partial charge in [-0.25, -0.2) is 0 Å². The van der Waals surface area contributed by atoms with Crippen LogP contribution in [0.5, 0.6) is 0 Å². The van der Waals surface area contributed by atoms with Gasteiger partial charge in [-0.15, -0.1) is 0 Å². The van der Waals surface area contributed by atoms with Crippen LogP contribution in [0, 0.1) is 0 Å². The van der Waals surface area contributed by atoms with Gasteiger partial charge in [-0.2, -0.15) is 0 Å². The first-order valence-electron chi connectivity index (χ1n) is 14.8. The highest BCUT2D eigenvalue weighted by Crippen LogP contribution is 2.51. The van der Waals surface area contributed by atoms with E-state index in [1.165, 1.54) is 76.6 Å². The Morgan fingerprint density at radius 1 is 0.535 bits per heavy atom. The average Bonchev–Trinajstić information content (AvgIpc) is 3.69. The van der Waals surface area contributed by atoms with E-state index in [2.05, 4.69) is 155 Å². The molecule has 0 saturated carbocycles. The maximum Gasteiger partial charge on any atom is 0.137 e. The molecule has 1 atom stereocenters.